The van der Waals surface area contributed by atoms with E-state index >= 15 is 0 Å². The minimum absolute atomic E-state index is 0.143. The van der Waals surface area contributed by atoms with Crippen molar-refractivity contribution in [2.24, 2.45) is 11.7 Å². The lowest BCUT2D eigenvalue weighted by atomic mass is 9.93. The van der Waals surface area contributed by atoms with Crippen LogP contribution in [0.1, 0.15) is 30.4 Å². The molecule has 1 aromatic carbocycles. The minimum atomic E-state index is -1.28. The van der Waals surface area contributed by atoms with Gasteiger partial charge in [-0.15, -0.1) is 0 Å². The van der Waals surface area contributed by atoms with Crippen LogP contribution in [0, 0.1) is 5.92 Å². The first kappa shape index (κ1) is 14.1. The molecule has 3 N–H and O–H groups in total. The Kier molecular flexibility index (Phi) is 3.68. The molecule has 1 heterocycles. The molecule has 0 radical (unpaired) electrons. The number of amides is 1. The molecule has 5 nitrogen and oxygen atoms in total. The van der Waals surface area contributed by atoms with E-state index in [1.165, 1.54) is 0 Å². The largest absolute Gasteiger partial charge is 0.444 e. The number of benzene rings is 1. The Morgan fingerprint density at radius 1 is 1.24 bits per heavy atom. The van der Waals surface area contributed by atoms with Crippen LogP contribution in [-0.2, 0) is 26.3 Å². The summed E-state index contributed by atoms with van der Waals surface area (Å²) in [7, 11) is 0. The van der Waals surface area contributed by atoms with Gasteiger partial charge in [0, 0.05) is 12.0 Å². The van der Waals surface area contributed by atoms with Crippen molar-refractivity contribution in [3.63, 3.8) is 0 Å². The molecule has 1 atom stereocenters. The maximum atomic E-state index is 12.4. The molecule has 1 saturated heterocycles. The maximum absolute atomic E-state index is 12.4. The van der Waals surface area contributed by atoms with Gasteiger partial charge in [-0.05, 0) is 37.9 Å². The monoisotopic (exact) mass is 288 g/mol. The van der Waals surface area contributed by atoms with Crippen molar-refractivity contribution in [3.8, 4) is 0 Å². The number of hydrogen-bond donors (Lipinski definition) is 2. The normalized spacial score (nSPS) is 25.3. The fourth-order valence-corrected chi connectivity index (χ4v) is 3.30. The molecule has 2 aliphatic rings. The van der Waals surface area contributed by atoms with Gasteiger partial charge in [0.1, 0.15) is 0 Å². The van der Waals surface area contributed by atoms with Crippen LogP contribution in [-0.4, -0.2) is 25.0 Å². The van der Waals surface area contributed by atoms with Crippen LogP contribution in [0.15, 0.2) is 24.3 Å². The number of fused-ring (bicyclic) bond motifs is 1. The first-order valence-corrected chi connectivity index (χ1v) is 7.45. The Morgan fingerprint density at radius 2 is 1.95 bits per heavy atom. The van der Waals surface area contributed by atoms with E-state index < -0.39 is 11.5 Å². The second-order valence-electron chi connectivity index (χ2n) is 5.79. The van der Waals surface area contributed by atoms with Crippen LogP contribution in [0.25, 0.3) is 0 Å². The number of nitrogens with one attached hydrogen (secondary N) is 1. The maximum Gasteiger partial charge on any atom is 0.310 e. The average Bonchev–Trinajstić information content (AvgIpc) is 2.88. The molecule has 5 heteroatoms. The standard InChI is InChI=1S/C16H20N2O3/c17-15(20)16(8-5-11-3-1-2-4-13(11)16)21-14(19)12-6-9-18-10-7-12/h1-4,12,18H,5-10H2,(H2,17,20). The molecule has 0 saturated carbocycles. The highest BCUT2D eigenvalue weighted by molar-refractivity contribution is 5.89. The van der Waals surface area contributed by atoms with Gasteiger partial charge in [0.15, 0.2) is 0 Å². The number of hydrogen-bond acceptors (Lipinski definition) is 4. The number of carbonyl (C=O) groups excluding carboxylic acids is 2. The number of rotatable bonds is 3. The van der Waals surface area contributed by atoms with Crippen molar-refractivity contribution in [3.05, 3.63) is 35.4 Å². The second kappa shape index (κ2) is 5.48. The molecule has 21 heavy (non-hydrogen) atoms. The van der Waals surface area contributed by atoms with E-state index in [9.17, 15) is 9.59 Å². The van der Waals surface area contributed by atoms with Gasteiger partial charge in [0.05, 0.1) is 5.92 Å². The van der Waals surface area contributed by atoms with E-state index in [4.69, 9.17) is 10.5 Å². The van der Waals surface area contributed by atoms with E-state index in [1.807, 2.05) is 24.3 Å². The van der Waals surface area contributed by atoms with Gasteiger partial charge >= 0.3 is 5.97 Å². The molecule has 1 fully saturated rings. The fourth-order valence-electron chi connectivity index (χ4n) is 3.30. The van der Waals surface area contributed by atoms with Crippen LogP contribution in [0.4, 0.5) is 0 Å². The summed E-state index contributed by atoms with van der Waals surface area (Å²) in [6.45, 7) is 1.61. The van der Waals surface area contributed by atoms with Crippen molar-refractivity contribution >= 4 is 11.9 Å². The fraction of sp³-hybridized carbons (Fsp3) is 0.500. The lowest BCUT2D eigenvalue weighted by Crippen LogP contribution is -2.45. The summed E-state index contributed by atoms with van der Waals surface area (Å²) in [6, 6.07) is 7.56. The topological polar surface area (TPSA) is 81.4 Å². The molecule has 1 unspecified atom stereocenters. The highest BCUT2D eigenvalue weighted by Crippen LogP contribution is 2.40. The molecule has 0 spiro atoms. The molecule has 112 valence electrons. The van der Waals surface area contributed by atoms with Gasteiger partial charge in [-0.1, -0.05) is 24.3 Å². The molecule has 0 aromatic heterocycles. The number of ether oxygens (including phenoxy) is 1. The molecule has 1 amide bonds. The van der Waals surface area contributed by atoms with Gasteiger partial charge in [-0.3, -0.25) is 9.59 Å². The molecule has 1 aliphatic heterocycles. The van der Waals surface area contributed by atoms with Crippen molar-refractivity contribution in [1.29, 1.82) is 0 Å². The van der Waals surface area contributed by atoms with Crippen molar-refractivity contribution in [2.75, 3.05) is 13.1 Å². The first-order valence-electron chi connectivity index (χ1n) is 7.45. The van der Waals surface area contributed by atoms with Gasteiger partial charge < -0.3 is 15.8 Å². The first-order chi connectivity index (χ1) is 10.1. The molecule has 0 bridgehead atoms. The summed E-state index contributed by atoms with van der Waals surface area (Å²) >= 11 is 0. The van der Waals surface area contributed by atoms with Crippen LogP contribution in [0.5, 0.6) is 0 Å². The van der Waals surface area contributed by atoms with Gasteiger partial charge in [0.2, 0.25) is 5.60 Å². The average molecular weight is 288 g/mol. The summed E-state index contributed by atoms with van der Waals surface area (Å²) < 4.78 is 5.69. The van der Waals surface area contributed by atoms with Crippen molar-refractivity contribution in [1.82, 2.24) is 5.32 Å². The summed E-state index contributed by atoms with van der Waals surface area (Å²) in [5.74, 6) is -1.02. The lowest BCUT2D eigenvalue weighted by molar-refractivity contribution is -0.173. The van der Waals surface area contributed by atoms with Crippen molar-refractivity contribution < 1.29 is 14.3 Å². The number of primary amides is 1. The minimum Gasteiger partial charge on any atom is -0.444 e. The molecule has 1 aliphatic carbocycles. The lowest BCUT2D eigenvalue weighted by Gasteiger charge is -2.30. The Hall–Kier alpha value is -1.88. The van der Waals surface area contributed by atoms with Crippen LogP contribution in [0.3, 0.4) is 0 Å². The van der Waals surface area contributed by atoms with E-state index in [0.717, 1.165) is 37.1 Å². The third kappa shape index (κ3) is 2.42. The van der Waals surface area contributed by atoms with Crippen LogP contribution < -0.4 is 11.1 Å². The smallest absolute Gasteiger partial charge is 0.310 e. The Morgan fingerprint density at radius 3 is 2.67 bits per heavy atom. The van der Waals surface area contributed by atoms with E-state index in [1.54, 1.807) is 0 Å². The zero-order chi connectivity index (χ0) is 14.9. The predicted octanol–water partition coefficient (Wildman–Crippen LogP) is 0.856. The van der Waals surface area contributed by atoms with Crippen LogP contribution in [0.2, 0.25) is 0 Å². The number of nitrogens with two attached hydrogens (primary N) is 1. The van der Waals surface area contributed by atoms with E-state index in [2.05, 4.69) is 5.32 Å². The zero-order valence-electron chi connectivity index (χ0n) is 11.9. The Bertz CT molecular complexity index is 566. The summed E-state index contributed by atoms with van der Waals surface area (Å²) in [5, 5.41) is 3.21. The Labute approximate surface area is 123 Å². The second-order valence-corrected chi connectivity index (χ2v) is 5.79. The molecule has 3 rings (SSSR count). The molecule has 1 aromatic rings. The summed E-state index contributed by atoms with van der Waals surface area (Å²) in [5.41, 5.74) is 6.10. The quantitative estimate of drug-likeness (QED) is 0.808. The Balaban J connectivity index is 1.86. The highest BCUT2D eigenvalue weighted by atomic mass is 16.6. The van der Waals surface area contributed by atoms with Gasteiger partial charge in [0.25, 0.3) is 5.91 Å². The molecular formula is C16H20N2O3. The molecular weight excluding hydrogens is 268 g/mol. The summed E-state index contributed by atoms with van der Waals surface area (Å²) in [6.07, 6.45) is 2.64. The number of aryl methyl sites for hydroxylation is 1. The van der Waals surface area contributed by atoms with E-state index in [0.29, 0.717) is 12.8 Å². The SMILES string of the molecule is NC(=O)C1(OC(=O)C2CCNCC2)CCc2ccccc21. The summed E-state index contributed by atoms with van der Waals surface area (Å²) in [4.78, 5) is 24.5. The zero-order valence-corrected chi connectivity index (χ0v) is 11.9. The van der Waals surface area contributed by atoms with Gasteiger partial charge in [-0.2, -0.15) is 0 Å². The third-order valence-corrected chi connectivity index (χ3v) is 4.54. The highest BCUT2D eigenvalue weighted by Gasteiger charge is 2.48. The number of piperidine rings is 1. The number of carbonyl (C=O) groups is 2. The number of esters is 1. The van der Waals surface area contributed by atoms with E-state index in [-0.39, 0.29) is 11.9 Å². The van der Waals surface area contributed by atoms with Crippen LogP contribution >= 0.6 is 0 Å². The third-order valence-electron chi connectivity index (χ3n) is 4.54. The predicted molar refractivity (Wildman–Crippen MR) is 77.3 cm³/mol. The van der Waals surface area contributed by atoms with Crippen molar-refractivity contribution in [2.45, 2.75) is 31.3 Å². The van der Waals surface area contributed by atoms with Gasteiger partial charge in [-0.25, -0.2) is 0 Å².